The van der Waals surface area contributed by atoms with Gasteiger partial charge in [-0.15, -0.1) is 0 Å². The van der Waals surface area contributed by atoms with Crippen LogP contribution in [-0.2, 0) is 37.3 Å². The number of fused-ring (bicyclic) bond motifs is 1. The highest BCUT2D eigenvalue weighted by Crippen LogP contribution is 2.36. The summed E-state index contributed by atoms with van der Waals surface area (Å²) >= 11 is 0. The Morgan fingerprint density at radius 2 is 1.75 bits per heavy atom. The number of hydrogen-bond acceptors (Lipinski definition) is 10. The molecule has 0 aliphatic carbocycles. The third kappa shape index (κ3) is 11.1. The van der Waals surface area contributed by atoms with E-state index >= 15 is 0 Å². The monoisotopic (exact) mass is 721 g/mol. The van der Waals surface area contributed by atoms with Gasteiger partial charge in [0.1, 0.15) is 19.1 Å². The predicted octanol–water partition coefficient (Wildman–Crippen LogP) is 4.80. The number of aliphatic hydroxyl groups is 1. The summed E-state index contributed by atoms with van der Waals surface area (Å²) in [5.41, 5.74) is 1.32. The Bertz CT molecular complexity index is 1720. The molecule has 51 heavy (non-hydrogen) atoms. The largest absolute Gasteiger partial charge is 0.489 e. The molecule has 2 N–H and O–H groups in total. The van der Waals surface area contributed by atoms with Gasteiger partial charge in [-0.1, -0.05) is 56.3 Å². The van der Waals surface area contributed by atoms with Crippen LogP contribution in [0.25, 0.3) is 0 Å². The zero-order valence-electron chi connectivity index (χ0n) is 29.2. The van der Waals surface area contributed by atoms with Gasteiger partial charge in [0.25, 0.3) is 0 Å². The fraction of sp³-hybridized carbons (Fsp3) is 0.474. The van der Waals surface area contributed by atoms with Crippen molar-refractivity contribution in [2.45, 2.75) is 69.6 Å². The van der Waals surface area contributed by atoms with Crippen LogP contribution in [0.4, 0.5) is 0 Å². The van der Waals surface area contributed by atoms with E-state index in [1.54, 1.807) is 6.07 Å². The van der Waals surface area contributed by atoms with Gasteiger partial charge in [0.15, 0.2) is 11.5 Å². The van der Waals surface area contributed by atoms with Crippen molar-refractivity contribution in [1.29, 1.82) is 5.26 Å². The molecule has 2 aliphatic rings. The average molecular weight is 722 g/mol. The lowest BCUT2D eigenvalue weighted by atomic mass is 9.87. The molecule has 0 unspecified atom stereocenters. The zero-order valence-corrected chi connectivity index (χ0v) is 30.0. The number of amides is 1. The molecule has 0 radical (unpaired) electrons. The van der Waals surface area contributed by atoms with E-state index in [2.05, 4.69) is 11.4 Å². The summed E-state index contributed by atoms with van der Waals surface area (Å²) in [5.74, 6) is 0.991. The lowest BCUT2D eigenvalue weighted by Crippen LogP contribution is -2.52. The molecule has 13 heteroatoms. The van der Waals surface area contributed by atoms with Crippen LogP contribution in [-0.4, -0.2) is 75.8 Å². The van der Waals surface area contributed by atoms with Gasteiger partial charge >= 0.3 is 0 Å². The standard InChI is InChI=1S/C38H47N3O9S/c1-38(2,16-6-7-17-39)25-41(51(44,45)32-14-15-35-36(20-32)50-27-49-35)21-34(42)33(40-37(43)19-30-22-46-26-47-23-30)18-28-10-12-31(13-11-28)48-24-29-8-4-3-5-9-29/h3-5,8-15,20,30,33-34,42H,6-7,16,18-19,21-27H2,1-2H3,(H,40,43)/t33-,34+/m0/s1. The summed E-state index contributed by atoms with van der Waals surface area (Å²) in [5, 5.41) is 23.9. The first-order valence-corrected chi connectivity index (χ1v) is 18.6. The van der Waals surface area contributed by atoms with Crippen molar-refractivity contribution in [3.8, 4) is 23.3 Å². The second-order valence-electron chi connectivity index (χ2n) is 13.8. The van der Waals surface area contributed by atoms with Crippen LogP contribution in [0.15, 0.2) is 77.7 Å². The van der Waals surface area contributed by atoms with E-state index in [0.29, 0.717) is 56.3 Å². The van der Waals surface area contributed by atoms with Crippen molar-refractivity contribution in [2.24, 2.45) is 11.3 Å². The van der Waals surface area contributed by atoms with E-state index in [4.69, 9.17) is 28.9 Å². The molecule has 2 atom stereocenters. The van der Waals surface area contributed by atoms with Gasteiger partial charge in [0, 0.05) is 37.9 Å². The Labute approximate surface area is 300 Å². The molecule has 12 nitrogen and oxygen atoms in total. The van der Waals surface area contributed by atoms with Crippen molar-refractivity contribution in [2.75, 3.05) is 39.9 Å². The maximum atomic E-state index is 14.3. The normalized spacial score (nSPS) is 16.0. The van der Waals surface area contributed by atoms with E-state index in [1.165, 1.54) is 16.4 Å². The Morgan fingerprint density at radius 1 is 1.02 bits per heavy atom. The molecular formula is C38H47N3O9S. The number of rotatable bonds is 18. The number of nitriles is 1. The van der Waals surface area contributed by atoms with Crippen molar-refractivity contribution >= 4 is 15.9 Å². The number of ether oxygens (including phenoxy) is 5. The van der Waals surface area contributed by atoms with E-state index in [1.807, 2.05) is 68.4 Å². The molecule has 274 valence electrons. The van der Waals surface area contributed by atoms with E-state index < -0.39 is 27.6 Å². The number of carbonyl (C=O) groups is 1. The Kier molecular flexibility index (Phi) is 13.3. The third-order valence-corrected chi connectivity index (χ3v) is 10.7. The summed E-state index contributed by atoms with van der Waals surface area (Å²) in [7, 11) is -4.16. The Hall–Kier alpha value is -4.19. The molecule has 1 fully saturated rings. The third-order valence-electron chi connectivity index (χ3n) is 8.91. The van der Waals surface area contributed by atoms with E-state index in [-0.39, 0.29) is 56.2 Å². The van der Waals surface area contributed by atoms with Gasteiger partial charge in [0.05, 0.1) is 36.3 Å². The average Bonchev–Trinajstić information content (AvgIpc) is 3.60. The van der Waals surface area contributed by atoms with Crippen LogP contribution in [0.1, 0.15) is 50.7 Å². The minimum atomic E-state index is -4.16. The zero-order chi connectivity index (χ0) is 36.3. The van der Waals surface area contributed by atoms with Crippen LogP contribution < -0.4 is 19.5 Å². The van der Waals surface area contributed by atoms with Crippen molar-refractivity contribution in [1.82, 2.24) is 9.62 Å². The van der Waals surface area contributed by atoms with Crippen LogP contribution in [0.5, 0.6) is 17.2 Å². The Morgan fingerprint density at radius 3 is 2.47 bits per heavy atom. The molecule has 3 aromatic carbocycles. The smallest absolute Gasteiger partial charge is 0.243 e. The number of benzene rings is 3. The highest BCUT2D eigenvalue weighted by Gasteiger charge is 2.35. The SMILES string of the molecule is CC(C)(CCCC#N)CN(C[C@@H](O)[C@H](Cc1ccc(OCc2ccccc2)cc1)NC(=O)CC1COCOC1)S(=O)(=O)c1ccc2c(c1)OCO2. The molecule has 2 aliphatic heterocycles. The number of sulfonamides is 1. The van der Waals surface area contributed by atoms with Gasteiger partial charge in [0.2, 0.25) is 22.7 Å². The highest BCUT2D eigenvalue weighted by atomic mass is 32.2. The van der Waals surface area contributed by atoms with Crippen LogP contribution in [0.3, 0.4) is 0 Å². The van der Waals surface area contributed by atoms with Crippen LogP contribution >= 0.6 is 0 Å². The minimum absolute atomic E-state index is 0.00393. The van der Waals surface area contributed by atoms with Gasteiger partial charge in [-0.05, 0) is 60.1 Å². The van der Waals surface area contributed by atoms with Crippen molar-refractivity contribution in [3.63, 3.8) is 0 Å². The summed E-state index contributed by atoms with van der Waals surface area (Å²) in [6.07, 6.45) is 0.604. The predicted molar refractivity (Wildman–Crippen MR) is 188 cm³/mol. The Balaban J connectivity index is 1.36. The topological polar surface area (TPSA) is 157 Å². The molecular weight excluding hydrogens is 674 g/mol. The molecule has 3 aromatic rings. The molecule has 0 spiro atoms. The first-order valence-electron chi connectivity index (χ1n) is 17.2. The van der Waals surface area contributed by atoms with Crippen LogP contribution in [0, 0.1) is 22.7 Å². The molecule has 0 aromatic heterocycles. The number of nitrogens with zero attached hydrogens (tertiary/aromatic N) is 2. The van der Waals surface area contributed by atoms with Crippen molar-refractivity contribution in [3.05, 3.63) is 83.9 Å². The number of nitrogens with one attached hydrogen (secondary N) is 1. The highest BCUT2D eigenvalue weighted by molar-refractivity contribution is 7.89. The number of hydrogen-bond donors (Lipinski definition) is 2. The molecule has 1 saturated heterocycles. The molecule has 2 heterocycles. The summed E-state index contributed by atoms with van der Waals surface area (Å²) in [6.45, 7) is 5.00. The van der Waals surface area contributed by atoms with E-state index in [0.717, 1.165) is 11.1 Å². The summed E-state index contributed by atoms with van der Waals surface area (Å²) in [6, 6.07) is 23.0. The fourth-order valence-electron chi connectivity index (χ4n) is 6.15. The molecule has 0 bridgehead atoms. The van der Waals surface area contributed by atoms with Gasteiger partial charge < -0.3 is 34.1 Å². The quantitative estimate of drug-likeness (QED) is 0.175. The molecule has 0 saturated carbocycles. The maximum Gasteiger partial charge on any atom is 0.243 e. The lowest BCUT2D eigenvalue weighted by Gasteiger charge is -2.35. The second kappa shape index (κ2) is 17.8. The van der Waals surface area contributed by atoms with Gasteiger partial charge in [-0.25, -0.2) is 8.42 Å². The second-order valence-corrected chi connectivity index (χ2v) is 15.7. The summed E-state index contributed by atoms with van der Waals surface area (Å²) < 4.78 is 57.3. The molecule has 1 amide bonds. The summed E-state index contributed by atoms with van der Waals surface area (Å²) in [4.78, 5) is 13.3. The maximum absolute atomic E-state index is 14.3. The number of aliphatic hydroxyl groups excluding tert-OH is 1. The fourth-order valence-corrected chi connectivity index (χ4v) is 7.82. The number of carbonyl (C=O) groups excluding carboxylic acids is 1. The van der Waals surface area contributed by atoms with Crippen LogP contribution in [0.2, 0.25) is 0 Å². The van der Waals surface area contributed by atoms with E-state index in [9.17, 15) is 18.3 Å². The van der Waals surface area contributed by atoms with Gasteiger partial charge in [-0.3, -0.25) is 4.79 Å². The first-order chi connectivity index (χ1) is 24.5. The first kappa shape index (κ1) is 38.1. The van der Waals surface area contributed by atoms with Gasteiger partial charge in [-0.2, -0.15) is 9.57 Å². The lowest BCUT2D eigenvalue weighted by molar-refractivity contribution is -0.140. The minimum Gasteiger partial charge on any atom is -0.489 e. The number of unbranched alkanes of at least 4 members (excludes halogenated alkanes) is 1. The van der Waals surface area contributed by atoms with Crippen molar-refractivity contribution < 1.29 is 42.0 Å². The molecule has 5 rings (SSSR count).